The first-order valence-corrected chi connectivity index (χ1v) is 8.04. The predicted molar refractivity (Wildman–Crippen MR) is 89.9 cm³/mol. The van der Waals surface area contributed by atoms with Crippen LogP contribution >= 0.6 is 22.6 Å². The molecule has 0 radical (unpaired) electrons. The molecule has 0 amide bonds. The molecule has 1 aliphatic carbocycles. The Labute approximate surface area is 149 Å². The van der Waals surface area contributed by atoms with Crippen LogP contribution in [0.2, 0.25) is 0 Å². The van der Waals surface area contributed by atoms with Gasteiger partial charge in [-0.15, -0.1) is 0 Å². The summed E-state index contributed by atoms with van der Waals surface area (Å²) in [5, 5.41) is 19.9. The Morgan fingerprint density at radius 3 is 2.54 bits per heavy atom. The van der Waals surface area contributed by atoms with Gasteiger partial charge in [0.25, 0.3) is 5.78 Å². The quantitative estimate of drug-likeness (QED) is 0.660. The van der Waals surface area contributed by atoms with E-state index in [1.54, 1.807) is 6.07 Å². The predicted octanol–water partition coefficient (Wildman–Crippen LogP) is 4.52. The van der Waals surface area contributed by atoms with Crippen molar-refractivity contribution >= 4 is 34.5 Å². The number of aliphatic hydroxyl groups is 1. The average Bonchev–Trinajstić information content (AvgIpc) is 2.51. The van der Waals surface area contributed by atoms with Crippen LogP contribution in [0.25, 0.3) is 6.08 Å². The maximum atomic E-state index is 12.6. The second-order valence-electron chi connectivity index (χ2n) is 5.23. The number of ketones is 1. The van der Waals surface area contributed by atoms with Crippen LogP contribution in [0, 0.1) is 3.57 Å². The number of hydrogen-bond donors (Lipinski definition) is 2. The number of alkyl halides is 3. The number of methoxy groups -OCH3 is 1. The Morgan fingerprint density at radius 1 is 1.29 bits per heavy atom. The van der Waals surface area contributed by atoms with Gasteiger partial charge in [-0.3, -0.25) is 4.79 Å². The molecule has 0 aliphatic heterocycles. The van der Waals surface area contributed by atoms with E-state index in [0.717, 1.165) is 0 Å². The summed E-state index contributed by atoms with van der Waals surface area (Å²) >= 11 is 1.89. The summed E-state index contributed by atoms with van der Waals surface area (Å²) in [7, 11) is 1.38. The first-order chi connectivity index (χ1) is 11.1. The van der Waals surface area contributed by atoms with Crippen molar-refractivity contribution in [3.8, 4) is 11.5 Å². The monoisotopic (exact) mass is 454 g/mol. The zero-order valence-electron chi connectivity index (χ0n) is 12.6. The van der Waals surface area contributed by atoms with E-state index in [9.17, 15) is 28.2 Å². The molecule has 4 nitrogen and oxygen atoms in total. The zero-order chi connectivity index (χ0) is 18.1. The van der Waals surface area contributed by atoms with E-state index in [1.165, 1.54) is 19.3 Å². The third-order valence-corrected chi connectivity index (χ3v) is 4.43. The van der Waals surface area contributed by atoms with Crippen molar-refractivity contribution in [2.24, 2.45) is 0 Å². The number of aromatic hydroxyl groups is 1. The van der Waals surface area contributed by atoms with Crippen LogP contribution in [0.5, 0.6) is 11.5 Å². The van der Waals surface area contributed by atoms with Gasteiger partial charge in [0.1, 0.15) is 5.76 Å². The number of halogens is 4. The second kappa shape index (κ2) is 7.04. The summed E-state index contributed by atoms with van der Waals surface area (Å²) in [6, 6.07) is 3.09. The third-order valence-electron chi connectivity index (χ3n) is 3.61. The van der Waals surface area contributed by atoms with E-state index in [2.05, 4.69) is 0 Å². The lowest BCUT2D eigenvalue weighted by atomic mass is 9.89. The van der Waals surface area contributed by atoms with E-state index >= 15 is 0 Å². The van der Waals surface area contributed by atoms with Crippen LogP contribution in [0.4, 0.5) is 13.2 Å². The Morgan fingerprint density at radius 2 is 1.96 bits per heavy atom. The summed E-state index contributed by atoms with van der Waals surface area (Å²) in [5.74, 6) is -2.47. The van der Waals surface area contributed by atoms with Crippen LogP contribution in [-0.4, -0.2) is 29.3 Å². The van der Waals surface area contributed by atoms with Crippen molar-refractivity contribution in [1.82, 2.24) is 0 Å². The lowest BCUT2D eigenvalue weighted by Crippen LogP contribution is -2.27. The van der Waals surface area contributed by atoms with Crippen LogP contribution in [-0.2, 0) is 4.79 Å². The number of hydrogen-bond acceptors (Lipinski definition) is 4. The van der Waals surface area contributed by atoms with Crippen molar-refractivity contribution in [3.05, 3.63) is 38.2 Å². The standard InChI is InChI=1S/C16H14F3IO4/c1-24-12-7-8(6-11(20)14(12)22)5-9-3-2-4-10(13(9)21)15(23)16(17,18)19/h5-7,21-22H,2-4H2,1H3/b9-5+. The molecule has 0 aromatic heterocycles. The molecular weight excluding hydrogens is 440 g/mol. The van der Waals surface area contributed by atoms with Crippen LogP contribution in [0.1, 0.15) is 24.8 Å². The van der Waals surface area contributed by atoms with E-state index in [0.29, 0.717) is 22.0 Å². The molecule has 1 aliphatic rings. The highest BCUT2D eigenvalue weighted by Gasteiger charge is 2.42. The molecule has 0 bridgehead atoms. The van der Waals surface area contributed by atoms with E-state index in [-0.39, 0.29) is 23.5 Å². The van der Waals surface area contributed by atoms with Gasteiger partial charge in [0.05, 0.1) is 10.7 Å². The molecule has 0 saturated carbocycles. The molecule has 1 aromatic carbocycles. The summed E-state index contributed by atoms with van der Waals surface area (Å²) in [5.41, 5.74) is 0.175. The topological polar surface area (TPSA) is 66.8 Å². The zero-order valence-corrected chi connectivity index (χ0v) is 14.7. The van der Waals surface area contributed by atoms with Crippen molar-refractivity contribution < 1.29 is 32.9 Å². The fourth-order valence-corrected chi connectivity index (χ4v) is 3.08. The van der Waals surface area contributed by atoms with E-state index < -0.39 is 23.3 Å². The van der Waals surface area contributed by atoms with Crippen LogP contribution < -0.4 is 4.74 Å². The fourth-order valence-electron chi connectivity index (χ4n) is 2.45. The number of aliphatic hydroxyl groups excluding tert-OH is 1. The van der Waals surface area contributed by atoms with Gasteiger partial charge >= 0.3 is 6.18 Å². The van der Waals surface area contributed by atoms with Crippen molar-refractivity contribution in [1.29, 1.82) is 0 Å². The number of carbonyl (C=O) groups excluding carboxylic acids is 1. The number of ether oxygens (including phenoxy) is 1. The summed E-state index contributed by atoms with van der Waals surface area (Å²) in [4.78, 5) is 11.4. The Balaban J connectivity index is 2.47. The van der Waals surface area contributed by atoms with Crippen molar-refractivity contribution in [3.63, 3.8) is 0 Å². The van der Waals surface area contributed by atoms with Gasteiger partial charge in [-0.2, -0.15) is 13.2 Å². The molecule has 0 saturated heterocycles. The Hall–Kier alpha value is -1.71. The molecule has 8 heteroatoms. The molecule has 0 spiro atoms. The van der Waals surface area contributed by atoms with Crippen molar-refractivity contribution in [2.45, 2.75) is 25.4 Å². The maximum absolute atomic E-state index is 12.6. The number of phenols is 1. The van der Waals surface area contributed by atoms with E-state index in [1.807, 2.05) is 22.6 Å². The summed E-state index contributed by atoms with van der Waals surface area (Å²) in [6.45, 7) is 0. The number of rotatable bonds is 3. The number of allylic oxidation sites excluding steroid dienone is 2. The minimum absolute atomic E-state index is 0.0448. The molecule has 2 rings (SSSR count). The molecule has 0 heterocycles. The van der Waals surface area contributed by atoms with E-state index in [4.69, 9.17) is 4.74 Å². The SMILES string of the molecule is COc1cc(/C=C2\CCCC(C(=O)C(F)(F)F)=C2O)cc(I)c1O. The highest BCUT2D eigenvalue weighted by molar-refractivity contribution is 14.1. The van der Waals surface area contributed by atoms with Gasteiger partial charge in [-0.1, -0.05) is 0 Å². The molecule has 0 fully saturated rings. The molecule has 1 aromatic rings. The van der Waals surface area contributed by atoms with Gasteiger partial charge < -0.3 is 14.9 Å². The largest absolute Gasteiger partial charge is 0.507 e. The van der Waals surface area contributed by atoms with Gasteiger partial charge in [0.2, 0.25) is 0 Å². The minimum atomic E-state index is -5.01. The smallest absolute Gasteiger partial charge is 0.454 e. The number of Topliss-reactive ketones (excluding diaryl/α,β-unsaturated/α-hetero) is 1. The lowest BCUT2D eigenvalue weighted by molar-refractivity contribution is -0.167. The highest BCUT2D eigenvalue weighted by atomic mass is 127. The van der Waals surface area contributed by atoms with Gasteiger partial charge in [-0.25, -0.2) is 0 Å². The molecule has 0 unspecified atom stereocenters. The number of carbonyl (C=O) groups is 1. The normalized spacial score (nSPS) is 17.3. The van der Waals surface area contributed by atoms with Gasteiger partial charge in [0.15, 0.2) is 11.5 Å². The Kier molecular flexibility index (Phi) is 5.46. The summed E-state index contributed by atoms with van der Waals surface area (Å²) < 4.78 is 43.3. The average molecular weight is 454 g/mol. The Bertz CT molecular complexity index is 736. The van der Waals surface area contributed by atoms with Gasteiger partial charge in [0, 0.05) is 5.57 Å². The maximum Gasteiger partial charge on any atom is 0.454 e. The first kappa shape index (κ1) is 18.6. The van der Waals surface area contributed by atoms with Crippen molar-refractivity contribution in [2.75, 3.05) is 7.11 Å². The third kappa shape index (κ3) is 3.85. The molecular formula is C16H14F3IO4. The molecule has 24 heavy (non-hydrogen) atoms. The lowest BCUT2D eigenvalue weighted by Gasteiger charge is -2.19. The van der Waals surface area contributed by atoms with Crippen LogP contribution in [0.3, 0.4) is 0 Å². The number of benzene rings is 1. The molecule has 0 atom stereocenters. The number of phenolic OH excluding ortho intramolecular Hbond substituents is 1. The van der Waals surface area contributed by atoms with Crippen LogP contribution in [0.15, 0.2) is 29.0 Å². The summed E-state index contributed by atoms with van der Waals surface area (Å²) in [6.07, 6.45) is -2.96. The molecule has 2 N–H and O–H groups in total. The second-order valence-corrected chi connectivity index (χ2v) is 6.39. The fraction of sp³-hybridized carbons (Fsp3) is 0.312. The van der Waals surface area contributed by atoms with Gasteiger partial charge in [-0.05, 0) is 71.2 Å². The minimum Gasteiger partial charge on any atom is -0.507 e. The highest BCUT2D eigenvalue weighted by Crippen LogP contribution is 2.36. The molecule has 130 valence electrons. The first-order valence-electron chi connectivity index (χ1n) is 6.96.